The van der Waals surface area contributed by atoms with E-state index in [-0.39, 0.29) is 23.4 Å². The summed E-state index contributed by atoms with van der Waals surface area (Å²) < 4.78 is 4.65. The van der Waals surface area contributed by atoms with E-state index < -0.39 is 5.97 Å². The van der Waals surface area contributed by atoms with E-state index in [2.05, 4.69) is 54.8 Å². The molecule has 9 nitrogen and oxygen atoms in total. The Bertz CT molecular complexity index is 1410. The van der Waals surface area contributed by atoms with Gasteiger partial charge in [-0.15, -0.1) is 0 Å². The van der Waals surface area contributed by atoms with Crippen molar-refractivity contribution < 1.29 is 19.4 Å². The Kier molecular flexibility index (Phi) is 7.79. The standard InChI is InChI=1S/C30H31N5O4/c1-39-30(38)28-15-14-27(34-28)29(37)33-24-8-6-22(7-9-24)31-20-2-4-21(5-3-20)32-23-10-12-25(13-11-23)35-18-16-26(36)17-19-35/h2-15,26,31-32,34,36H,16-19H2,1H3,(H,33,37). The maximum Gasteiger partial charge on any atom is 0.354 e. The zero-order valence-corrected chi connectivity index (χ0v) is 21.6. The summed E-state index contributed by atoms with van der Waals surface area (Å²) in [5.41, 5.74) is 6.09. The molecular weight excluding hydrogens is 494 g/mol. The molecule has 3 aromatic carbocycles. The number of aliphatic hydroxyl groups is 1. The van der Waals surface area contributed by atoms with Crippen LogP contribution < -0.4 is 20.9 Å². The summed E-state index contributed by atoms with van der Waals surface area (Å²) in [5, 5.41) is 19.3. The average molecular weight is 526 g/mol. The molecule has 0 spiro atoms. The number of hydrogen-bond donors (Lipinski definition) is 5. The number of nitrogens with one attached hydrogen (secondary N) is 4. The normalized spacial score (nSPS) is 13.5. The maximum absolute atomic E-state index is 12.5. The van der Waals surface area contributed by atoms with Crippen LogP contribution in [0.15, 0.2) is 84.9 Å². The van der Waals surface area contributed by atoms with Gasteiger partial charge in [-0.1, -0.05) is 0 Å². The fraction of sp³-hybridized carbons (Fsp3) is 0.200. The molecule has 0 unspecified atom stereocenters. The molecule has 39 heavy (non-hydrogen) atoms. The number of carbonyl (C=O) groups is 2. The molecule has 1 aliphatic heterocycles. The van der Waals surface area contributed by atoms with Crippen molar-refractivity contribution in [3.63, 3.8) is 0 Å². The number of nitrogens with zero attached hydrogens (tertiary/aromatic N) is 1. The average Bonchev–Trinajstić information content (AvgIpc) is 3.46. The third kappa shape index (κ3) is 6.58. The van der Waals surface area contributed by atoms with Crippen molar-refractivity contribution in [2.45, 2.75) is 18.9 Å². The van der Waals surface area contributed by atoms with Crippen molar-refractivity contribution in [2.75, 3.05) is 41.0 Å². The second-order valence-electron chi connectivity index (χ2n) is 9.40. The fourth-order valence-corrected chi connectivity index (χ4v) is 4.44. The molecule has 2 heterocycles. The van der Waals surface area contributed by atoms with Crippen molar-refractivity contribution in [2.24, 2.45) is 0 Å². The number of methoxy groups -OCH3 is 1. The van der Waals surface area contributed by atoms with Crippen LogP contribution in [-0.4, -0.2) is 48.3 Å². The Balaban J connectivity index is 1.12. The van der Waals surface area contributed by atoms with Crippen molar-refractivity contribution in [1.29, 1.82) is 0 Å². The van der Waals surface area contributed by atoms with E-state index in [1.54, 1.807) is 12.1 Å². The maximum atomic E-state index is 12.5. The molecule has 200 valence electrons. The summed E-state index contributed by atoms with van der Waals surface area (Å²) in [6.07, 6.45) is 1.46. The summed E-state index contributed by atoms with van der Waals surface area (Å²) in [6, 6.07) is 26.8. The molecule has 0 aliphatic carbocycles. The molecule has 1 saturated heterocycles. The smallest absolute Gasteiger partial charge is 0.354 e. The second-order valence-corrected chi connectivity index (χ2v) is 9.40. The first-order valence-corrected chi connectivity index (χ1v) is 12.8. The van der Waals surface area contributed by atoms with Crippen molar-refractivity contribution in [1.82, 2.24) is 4.98 Å². The molecule has 9 heteroatoms. The molecule has 5 N–H and O–H groups in total. The number of benzene rings is 3. The first-order valence-electron chi connectivity index (χ1n) is 12.8. The first kappa shape index (κ1) is 25.9. The van der Waals surface area contributed by atoms with Crippen molar-refractivity contribution in [3.8, 4) is 0 Å². The number of rotatable bonds is 8. The zero-order chi connectivity index (χ0) is 27.2. The number of piperidine rings is 1. The van der Waals surface area contributed by atoms with Gasteiger partial charge < -0.3 is 35.7 Å². The highest BCUT2D eigenvalue weighted by Gasteiger charge is 2.17. The van der Waals surface area contributed by atoms with Gasteiger partial charge in [0.1, 0.15) is 11.4 Å². The van der Waals surface area contributed by atoms with Crippen LogP contribution >= 0.6 is 0 Å². The van der Waals surface area contributed by atoms with E-state index in [0.29, 0.717) is 5.69 Å². The fourth-order valence-electron chi connectivity index (χ4n) is 4.44. The highest BCUT2D eigenvalue weighted by atomic mass is 16.5. The molecule has 5 rings (SSSR count). The zero-order valence-electron chi connectivity index (χ0n) is 21.6. The Morgan fingerprint density at radius 1 is 0.744 bits per heavy atom. The number of anilines is 6. The van der Waals surface area contributed by atoms with Gasteiger partial charge in [-0.2, -0.15) is 0 Å². The number of aromatic nitrogens is 1. The number of amides is 1. The summed E-state index contributed by atoms with van der Waals surface area (Å²) in [6.45, 7) is 1.76. The summed E-state index contributed by atoms with van der Waals surface area (Å²) in [5.74, 6) is -0.882. The van der Waals surface area contributed by atoms with Crippen LogP contribution in [0.5, 0.6) is 0 Å². The molecular formula is C30H31N5O4. The topological polar surface area (TPSA) is 119 Å². The molecule has 1 fully saturated rings. The molecule has 0 bridgehead atoms. The third-order valence-corrected chi connectivity index (χ3v) is 6.64. The minimum Gasteiger partial charge on any atom is -0.464 e. The van der Waals surface area contributed by atoms with Crippen LogP contribution in [0.2, 0.25) is 0 Å². The van der Waals surface area contributed by atoms with E-state index in [1.165, 1.54) is 24.9 Å². The molecule has 0 radical (unpaired) electrons. The summed E-state index contributed by atoms with van der Waals surface area (Å²) in [4.78, 5) is 29.1. The van der Waals surface area contributed by atoms with Crippen LogP contribution in [-0.2, 0) is 4.74 Å². The lowest BCUT2D eigenvalue weighted by Crippen LogP contribution is -2.35. The predicted octanol–water partition coefficient (Wildman–Crippen LogP) is 5.50. The lowest BCUT2D eigenvalue weighted by molar-refractivity contribution is 0.0594. The molecule has 1 amide bonds. The van der Waals surface area contributed by atoms with E-state index in [1.807, 2.05) is 36.4 Å². The van der Waals surface area contributed by atoms with Gasteiger partial charge in [-0.05, 0) is 97.8 Å². The number of esters is 1. The van der Waals surface area contributed by atoms with Crippen LogP contribution in [0.3, 0.4) is 0 Å². The van der Waals surface area contributed by atoms with Crippen molar-refractivity contribution in [3.05, 3.63) is 96.3 Å². The van der Waals surface area contributed by atoms with Crippen molar-refractivity contribution >= 4 is 46.0 Å². The SMILES string of the molecule is COC(=O)c1ccc(C(=O)Nc2ccc(Nc3ccc(Nc4ccc(N5CCC(O)CC5)cc4)cc3)cc2)[nH]1. The van der Waals surface area contributed by atoms with Crippen LogP contribution in [0.25, 0.3) is 0 Å². The lowest BCUT2D eigenvalue weighted by atomic mass is 10.1. The molecule has 4 aromatic rings. The van der Waals surface area contributed by atoms with Gasteiger partial charge >= 0.3 is 5.97 Å². The van der Waals surface area contributed by atoms with E-state index in [4.69, 9.17) is 0 Å². The highest BCUT2D eigenvalue weighted by Crippen LogP contribution is 2.26. The third-order valence-electron chi connectivity index (χ3n) is 6.64. The number of carbonyl (C=O) groups excluding carboxylic acids is 2. The number of aliphatic hydroxyl groups excluding tert-OH is 1. The van der Waals surface area contributed by atoms with Crippen LogP contribution in [0.1, 0.15) is 33.8 Å². The highest BCUT2D eigenvalue weighted by molar-refractivity contribution is 6.04. The van der Waals surface area contributed by atoms with Gasteiger partial charge in [0.05, 0.1) is 13.2 Å². The van der Waals surface area contributed by atoms with Gasteiger partial charge in [0.15, 0.2) is 0 Å². The molecule has 1 aliphatic rings. The largest absolute Gasteiger partial charge is 0.464 e. The first-order chi connectivity index (χ1) is 19.0. The van der Waals surface area contributed by atoms with Crippen LogP contribution in [0.4, 0.5) is 34.1 Å². The van der Waals surface area contributed by atoms with Gasteiger partial charge in [0.2, 0.25) is 0 Å². The van der Waals surface area contributed by atoms with Gasteiger partial charge in [0, 0.05) is 47.2 Å². The Hall–Kier alpha value is -4.76. The van der Waals surface area contributed by atoms with E-state index >= 15 is 0 Å². The summed E-state index contributed by atoms with van der Waals surface area (Å²) >= 11 is 0. The number of hydrogen-bond acceptors (Lipinski definition) is 7. The molecule has 0 saturated carbocycles. The van der Waals surface area contributed by atoms with Gasteiger partial charge in [0.25, 0.3) is 5.91 Å². The van der Waals surface area contributed by atoms with Gasteiger partial charge in [-0.3, -0.25) is 4.79 Å². The predicted molar refractivity (Wildman–Crippen MR) is 153 cm³/mol. The lowest BCUT2D eigenvalue weighted by Gasteiger charge is -2.31. The van der Waals surface area contributed by atoms with Gasteiger partial charge in [-0.25, -0.2) is 4.79 Å². The number of ether oxygens (including phenoxy) is 1. The van der Waals surface area contributed by atoms with E-state index in [0.717, 1.165) is 48.7 Å². The summed E-state index contributed by atoms with van der Waals surface area (Å²) in [7, 11) is 1.29. The second kappa shape index (κ2) is 11.7. The quantitative estimate of drug-likeness (QED) is 0.193. The number of H-pyrrole nitrogens is 1. The number of aromatic amines is 1. The van der Waals surface area contributed by atoms with E-state index in [9.17, 15) is 14.7 Å². The Morgan fingerprint density at radius 2 is 1.21 bits per heavy atom. The monoisotopic (exact) mass is 525 g/mol. The minimum atomic E-state index is -0.530. The Morgan fingerprint density at radius 3 is 1.72 bits per heavy atom. The van der Waals surface area contributed by atoms with Crippen LogP contribution in [0, 0.1) is 0 Å². The Labute approximate surface area is 226 Å². The molecule has 0 atom stereocenters. The molecule has 1 aromatic heterocycles. The minimum absolute atomic E-state index is 0.174.